The van der Waals surface area contributed by atoms with E-state index < -0.39 is 15.6 Å². The van der Waals surface area contributed by atoms with Gasteiger partial charge in [0.15, 0.2) is 0 Å². The predicted octanol–water partition coefficient (Wildman–Crippen LogP) is 1.57. The average Bonchev–Trinajstić information content (AvgIpc) is 2.20. The second-order valence-corrected chi connectivity index (χ2v) is 7.71. The normalized spacial score (nSPS) is 12.6. The van der Waals surface area contributed by atoms with Crippen molar-refractivity contribution in [2.75, 3.05) is 12.8 Å². The number of aromatic hydroxyl groups is 1. The maximum absolute atomic E-state index is 11.2. The summed E-state index contributed by atoms with van der Waals surface area (Å²) in [6.07, 6.45) is 1.13. The van der Waals surface area contributed by atoms with Gasteiger partial charge in [0.1, 0.15) is 5.75 Å². The van der Waals surface area contributed by atoms with Crippen molar-refractivity contribution in [3.63, 3.8) is 0 Å². The van der Waals surface area contributed by atoms with Crippen LogP contribution in [0.25, 0.3) is 0 Å². The molecule has 1 aromatic rings. The van der Waals surface area contributed by atoms with Gasteiger partial charge in [-0.3, -0.25) is 0 Å². The SMILES string of the molecule is CC(C)(CNCc1cccc(Br)c1O)NS(C)(=O)=O. The van der Waals surface area contributed by atoms with E-state index in [9.17, 15) is 13.5 Å². The number of para-hydroxylation sites is 1. The lowest BCUT2D eigenvalue weighted by Crippen LogP contribution is -2.49. The van der Waals surface area contributed by atoms with Gasteiger partial charge in [0.25, 0.3) is 0 Å². The Kier molecular flexibility index (Phi) is 5.37. The van der Waals surface area contributed by atoms with Crippen LogP contribution in [0.5, 0.6) is 5.75 Å². The summed E-state index contributed by atoms with van der Waals surface area (Å²) in [7, 11) is -3.24. The van der Waals surface area contributed by atoms with E-state index in [1.807, 2.05) is 12.1 Å². The zero-order chi connectivity index (χ0) is 14.7. The topological polar surface area (TPSA) is 78.4 Å². The van der Waals surface area contributed by atoms with E-state index in [4.69, 9.17) is 0 Å². The summed E-state index contributed by atoms with van der Waals surface area (Å²) in [5, 5.41) is 12.9. The fourth-order valence-corrected chi connectivity index (χ4v) is 3.23. The van der Waals surface area contributed by atoms with Crippen LogP contribution in [-0.4, -0.2) is 31.9 Å². The molecule has 0 fully saturated rings. The number of hydrogen-bond acceptors (Lipinski definition) is 4. The van der Waals surface area contributed by atoms with Crippen molar-refractivity contribution in [1.82, 2.24) is 10.0 Å². The molecule has 108 valence electrons. The van der Waals surface area contributed by atoms with Gasteiger partial charge in [-0.15, -0.1) is 0 Å². The summed E-state index contributed by atoms with van der Waals surface area (Å²) < 4.78 is 25.6. The van der Waals surface area contributed by atoms with Crippen molar-refractivity contribution in [3.8, 4) is 5.75 Å². The molecule has 1 aromatic carbocycles. The van der Waals surface area contributed by atoms with Gasteiger partial charge in [-0.25, -0.2) is 13.1 Å². The molecule has 0 heterocycles. The van der Waals surface area contributed by atoms with E-state index in [0.29, 0.717) is 17.6 Å². The molecule has 0 spiro atoms. The van der Waals surface area contributed by atoms with Crippen LogP contribution in [-0.2, 0) is 16.6 Å². The van der Waals surface area contributed by atoms with Crippen LogP contribution >= 0.6 is 15.9 Å². The highest BCUT2D eigenvalue weighted by molar-refractivity contribution is 9.10. The van der Waals surface area contributed by atoms with Gasteiger partial charge in [-0.05, 0) is 35.8 Å². The highest BCUT2D eigenvalue weighted by Gasteiger charge is 2.21. The van der Waals surface area contributed by atoms with Crippen LogP contribution in [0.1, 0.15) is 19.4 Å². The fraction of sp³-hybridized carbons (Fsp3) is 0.500. The molecule has 0 aliphatic heterocycles. The fourth-order valence-electron chi connectivity index (χ4n) is 1.75. The number of benzene rings is 1. The molecule has 0 saturated heterocycles. The standard InChI is InChI=1S/C12H19BrN2O3S/c1-12(2,15-19(3,17)18)8-14-7-9-5-4-6-10(13)11(9)16/h4-6,14-16H,7-8H2,1-3H3. The van der Waals surface area contributed by atoms with Crippen LogP contribution in [0.2, 0.25) is 0 Å². The summed E-state index contributed by atoms with van der Waals surface area (Å²) in [4.78, 5) is 0. The monoisotopic (exact) mass is 350 g/mol. The quantitative estimate of drug-likeness (QED) is 0.727. The van der Waals surface area contributed by atoms with E-state index in [1.165, 1.54) is 0 Å². The molecule has 0 saturated carbocycles. The Morgan fingerprint density at radius 3 is 2.58 bits per heavy atom. The minimum absolute atomic E-state index is 0.198. The Bertz CT molecular complexity index is 544. The number of halogens is 1. The smallest absolute Gasteiger partial charge is 0.209 e. The molecule has 0 unspecified atom stereocenters. The molecule has 19 heavy (non-hydrogen) atoms. The highest BCUT2D eigenvalue weighted by Crippen LogP contribution is 2.27. The predicted molar refractivity (Wildman–Crippen MR) is 79.6 cm³/mol. The molecule has 0 bridgehead atoms. The lowest BCUT2D eigenvalue weighted by atomic mass is 10.1. The first-order valence-electron chi connectivity index (χ1n) is 5.77. The molecule has 0 aliphatic rings. The summed E-state index contributed by atoms with van der Waals surface area (Å²) in [5.41, 5.74) is 0.166. The Morgan fingerprint density at radius 1 is 1.37 bits per heavy atom. The molecule has 0 amide bonds. The van der Waals surface area contributed by atoms with Crippen LogP contribution in [0.3, 0.4) is 0 Å². The van der Waals surface area contributed by atoms with Crippen molar-refractivity contribution in [2.24, 2.45) is 0 Å². The van der Waals surface area contributed by atoms with Gasteiger partial charge in [0.05, 0.1) is 10.7 Å². The zero-order valence-electron chi connectivity index (χ0n) is 11.2. The molecule has 0 radical (unpaired) electrons. The van der Waals surface area contributed by atoms with Crippen LogP contribution < -0.4 is 10.0 Å². The third kappa shape index (κ3) is 5.90. The first-order chi connectivity index (χ1) is 8.61. The number of sulfonamides is 1. The molecule has 0 aliphatic carbocycles. The molecular formula is C12H19BrN2O3S. The zero-order valence-corrected chi connectivity index (χ0v) is 13.6. The number of hydrogen-bond donors (Lipinski definition) is 3. The van der Waals surface area contributed by atoms with Gasteiger partial charge in [0, 0.05) is 24.2 Å². The first-order valence-corrected chi connectivity index (χ1v) is 8.45. The summed E-state index contributed by atoms with van der Waals surface area (Å²) in [5.74, 6) is 0.198. The first kappa shape index (κ1) is 16.4. The Labute approximate surface area is 122 Å². The second kappa shape index (κ2) is 6.21. The molecule has 1 rings (SSSR count). The third-order valence-electron chi connectivity index (χ3n) is 2.41. The van der Waals surface area contributed by atoms with Crippen molar-refractivity contribution < 1.29 is 13.5 Å². The van der Waals surface area contributed by atoms with Gasteiger partial charge in [0.2, 0.25) is 10.0 Å². The minimum Gasteiger partial charge on any atom is -0.506 e. The average molecular weight is 351 g/mol. The van der Waals surface area contributed by atoms with E-state index in [2.05, 4.69) is 26.0 Å². The van der Waals surface area contributed by atoms with Crippen LogP contribution in [0.4, 0.5) is 0 Å². The van der Waals surface area contributed by atoms with E-state index in [0.717, 1.165) is 11.8 Å². The molecule has 3 N–H and O–H groups in total. The molecule has 0 atom stereocenters. The van der Waals surface area contributed by atoms with Gasteiger partial charge in [-0.1, -0.05) is 12.1 Å². The summed E-state index contributed by atoms with van der Waals surface area (Å²) in [6, 6.07) is 5.40. The minimum atomic E-state index is -3.24. The lowest BCUT2D eigenvalue weighted by molar-refractivity contribution is 0.414. The molecule has 5 nitrogen and oxygen atoms in total. The van der Waals surface area contributed by atoms with Crippen LogP contribution in [0, 0.1) is 0 Å². The maximum Gasteiger partial charge on any atom is 0.209 e. The van der Waals surface area contributed by atoms with Gasteiger partial charge in [-0.2, -0.15) is 0 Å². The van der Waals surface area contributed by atoms with E-state index in [1.54, 1.807) is 19.9 Å². The Balaban J connectivity index is 2.57. The summed E-state index contributed by atoms with van der Waals surface area (Å²) in [6.45, 7) is 4.50. The number of nitrogens with one attached hydrogen (secondary N) is 2. The third-order valence-corrected chi connectivity index (χ3v) is 3.98. The van der Waals surface area contributed by atoms with Gasteiger partial charge < -0.3 is 10.4 Å². The van der Waals surface area contributed by atoms with E-state index >= 15 is 0 Å². The number of phenolic OH excluding ortho intramolecular Hbond substituents is 1. The molecule has 0 aromatic heterocycles. The van der Waals surface area contributed by atoms with Crippen molar-refractivity contribution in [3.05, 3.63) is 28.2 Å². The maximum atomic E-state index is 11.2. The molecular weight excluding hydrogens is 332 g/mol. The summed E-state index contributed by atoms with van der Waals surface area (Å²) >= 11 is 3.25. The molecule has 7 heteroatoms. The number of phenols is 1. The highest BCUT2D eigenvalue weighted by atomic mass is 79.9. The van der Waals surface area contributed by atoms with Crippen molar-refractivity contribution in [2.45, 2.75) is 25.9 Å². The Morgan fingerprint density at radius 2 is 2.00 bits per heavy atom. The van der Waals surface area contributed by atoms with Crippen molar-refractivity contribution in [1.29, 1.82) is 0 Å². The lowest BCUT2D eigenvalue weighted by Gasteiger charge is -2.25. The second-order valence-electron chi connectivity index (χ2n) is 5.11. The Hall–Kier alpha value is -0.630. The number of rotatable bonds is 6. The van der Waals surface area contributed by atoms with Crippen molar-refractivity contribution >= 4 is 26.0 Å². The van der Waals surface area contributed by atoms with E-state index in [-0.39, 0.29) is 5.75 Å². The van der Waals surface area contributed by atoms with Crippen LogP contribution in [0.15, 0.2) is 22.7 Å². The largest absolute Gasteiger partial charge is 0.506 e. The van der Waals surface area contributed by atoms with Gasteiger partial charge >= 0.3 is 0 Å².